The van der Waals surface area contributed by atoms with Crippen LogP contribution in [0.5, 0.6) is 0 Å². The molecule has 42 valence electrons. The number of aliphatic hydroxyl groups is 2. The lowest BCUT2D eigenvalue weighted by molar-refractivity contribution is -0.141. The van der Waals surface area contributed by atoms with E-state index >= 15 is 0 Å². The van der Waals surface area contributed by atoms with Crippen molar-refractivity contribution in [1.82, 2.24) is 0 Å². The number of hydrogen-bond donors (Lipinski definition) is 2. The monoisotopic (exact) mass is 122 g/mol. The van der Waals surface area contributed by atoms with Gasteiger partial charge in [0.25, 0.3) is 0 Å². The summed E-state index contributed by atoms with van der Waals surface area (Å²) in [6.07, 6.45) is -0.764. The molecule has 2 unspecified atom stereocenters. The maximum Gasteiger partial charge on any atom is 0.207 e. The lowest BCUT2D eigenvalue weighted by Gasteiger charge is -1.97. The average molecular weight is 122 g/mol. The molecule has 0 aliphatic carbocycles. The van der Waals surface area contributed by atoms with Gasteiger partial charge >= 0.3 is 0 Å². The summed E-state index contributed by atoms with van der Waals surface area (Å²) >= 11 is 1.19. The van der Waals surface area contributed by atoms with Crippen molar-refractivity contribution in [3.8, 4) is 0 Å². The van der Waals surface area contributed by atoms with Crippen molar-refractivity contribution in [3.63, 3.8) is 0 Å². The van der Waals surface area contributed by atoms with E-state index in [1.165, 1.54) is 11.8 Å². The Morgan fingerprint density at radius 3 is 2.43 bits per heavy atom. The number of ether oxygens (including phenoxy) is 1. The number of thioether (sulfide) groups is 1. The fourth-order valence-corrected chi connectivity index (χ4v) is 0.992. The molecule has 0 aromatic rings. The lowest BCUT2D eigenvalue weighted by Crippen LogP contribution is -2.09. The van der Waals surface area contributed by atoms with Crippen LogP contribution in [0.15, 0.2) is 0 Å². The van der Waals surface area contributed by atoms with Crippen LogP contribution >= 0.6 is 11.8 Å². The Morgan fingerprint density at radius 2 is 2.29 bits per heavy atom. The third-order valence-corrected chi connectivity index (χ3v) is 1.53. The topological polar surface area (TPSA) is 49.7 Å². The molecular formula is C3H6O3S. The first-order chi connectivity index (χ1) is 3.29. The first kappa shape index (κ1) is 5.37. The van der Waals surface area contributed by atoms with E-state index in [-0.39, 0.29) is 0 Å². The van der Waals surface area contributed by atoms with Gasteiger partial charge in [-0.2, -0.15) is 0 Å². The van der Waals surface area contributed by atoms with Crippen molar-refractivity contribution < 1.29 is 14.9 Å². The van der Waals surface area contributed by atoms with Gasteiger partial charge in [0.15, 0.2) is 6.29 Å². The highest BCUT2D eigenvalue weighted by Crippen LogP contribution is 2.20. The van der Waals surface area contributed by atoms with Crippen molar-refractivity contribution in [3.05, 3.63) is 0 Å². The molecule has 0 radical (unpaired) electrons. The molecule has 0 saturated carbocycles. The Labute approximate surface area is 45.3 Å². The first-order valence-corrected chi connectivity index (χ1v) is 2.97. The second kappa shape index (κ2) is 2.00. The quantitative estimate of drug-likeness (QED) is 0.448. The molecule has 1 aliphatic rings. The van der Waals surface area contributed by atoms with Crippen LogP contribution in [-0.2, 0) is 4.74 Å². The highest BCUT2D eigenvalue weighted by molar-refractivity contribution is 7.99. The minimum atomic E-state index is -0.810. The largest absolute Gasteiger partial charge is 0.367 e. The summed E-state index contributed by atoms with van der Waals surface area (Å²) in [5.74, 6) is 0.473. The Hall–Kier alpha value is 0.230. The van der Waals surface area contributed by atoms with E-state index in [9.17, 15) is 0 Å². The van der Waals surface area contributed by atoms with Crippen molar-refractivity contribution >= 4 is 11.8 Å². The minimum absolute atomic E-state index is 0.473. The predicted octanol–water partition coefficient (Wildman–Crippen LogP) is -0.656. The van der Waals surface area contributed by atoms with E-state index in [4.69, 9.17) is 10.2 Å². The third kappa shape index (κ3) is 1.31. The standard InChI is InChI=1S/C3H6O3S/c4-2-1-7-3(5)6-2/h2-5H,1H2. The molecule has 1 saturated heterocycles. The molecule has 0 aromatic carbocycles. The molecule has 0 bridgehead atoms. The maximum absolute atomic E-state index is 8.50. The zero-order chi connectivity index (χ0) is 5.28. The summed E-state index contributed by atoms with van der Waals surface area (Å²) in [4.78, 5) is 0. The normalized spacial score (nSPS) is 42.0. The number of rotatable bonds is 0. The summed E-state index contributed by atoms with van der Waals surface area (Å²) in [6.45, 7) is 0. The van der Waals surface area contributed by atoms with Crippen LogP contribution in [0.2, 0.25) is 0 Å². The van der Waals surface area contributed by atoms with E-state index in [1.807, 2.05) is 0 Å². The summed E-state index contributed by atoms with van der Waals surface area (Å²) in [6, 6.07) is 0. The van der Waals surface area contributed by atoms with Crippen LogP contribution in [0.4, 0.5) is 0 Å². The average Bonchev–Trinajstić information content (AvgIpc) is 1.87. The molecule has 1 heterocycles. The fourth-order valence-electron chi connectivity index (χ4n) is 0.378. The van der Waals surface area contributed by atoms with E-state index in [0.29, 0.717) is 5.75 Å². The number of hydrogen-bond acceptors (Lipinski definition) is 4. The van der Waals surface area contributed by atoms with E-state index in [1.54, 1.807) is 0 Å². The zero-order valence-corrected chi connectivity index (χ0v) is 4.39. The van der Waals surface area contributed by atoms with E-state index in [2.05, 4.69) is 4.74 Å². The van der Waals surface area contributed by atoms with Gasteiger partial charge in [-0.25, -0.2) is 0 Å². The Morgan fingerprint density at radius 1 is 1.57 bits per heavy atom. The van der Waals surface area contributed by atoms with Crippen molar-refractivity contribution in [2.75, 3.05) is 5.75 Å². The van der Waals surface area contributed by atoms with Gasteiger partial charge in [0.05, 0.1) is 0 Å². The summed E-state index contributed by atoms with van der Waals surface area (Å²) in [5, 5.41) is 17.0. The van der Waals surface area contributed by atoms with Crippen LogP contribution in [0.25, 0.3) is 0 Å². The van der Waals surface area contributed by atoms with Crippen LogP contribution in [-0.4, -0.2) is 27.9 Å². The molecule has 1 fully saturated rings. The molecule has 2 N–H and O–H groups in total. The van der Waals surface area contributed by atoms with E-state index < -0.39 is 11.9 Å². The number of aliphatic hydroxyl groups excluding tert-OH is 2. The SMILES string of the molecule is OC1CSC(O)O1. The Bertz CT molecular complexity index is 59.2. The summed E-state index contributed by atoms with van der Waals surface area (Å²) < 4.78 is 4.44. The summed E-state index contributed by atoms with van der Waals surface area (Å²) in [7, 11) is 0. The zero-order valence-electron chi connectivity index (χ0n) is 3.57. The molecule has 2 atom stereocenters. The van der Waals surface area contributed by atoms with E-state index in [0.717, 1.165) is 0 Å². The fraction of sp³-hybridized carbons (Fsp3) is 1.00. The van der Waals surface area contributed by atoms with Crippen LogP contribution in [0, 0.1) is 0 Å². The maximum atomic E-state index is 8.50. The van der Waals surface area contributed by atoms with Gasteiger partial charge in [0.1, 0.15) is 0 Å². The van der Waals surface area contributed by atoms with Crippen LogP contribution < -0.4 is 0 Å². The molecule has 7 heavy (non-hydrogen) atoms. The van der Waals surface area contributed by atoms with Gasteiger partial charge in [0.2, 0.25) is 5.62 Å². The summed E-state index contributed by atoms with van der Waals surface area (Å²) in [5.41, 5.74) is -0.810. The lowest BCUT2D eigenvalue weighted by atomic mass is 10.8. The van der Waals surface area contributed by atoms with Crippen molar-refractivity contribution in [2.45, 2.75) is 11.9 Å². The second-order valence-corrected chi connectivity index (χ2v) is 2.30. The van der Waals surface area contributed by atoms with Gasteiger partial charge in [-0.3, -0.25) is 0 Å². The second-order valence-electron chi connectivity index (χ2n) is 1.23. The molecule has 0 aromatic heterocycles. The molecule has 1 rings (SSSR count). The smallest absolute Gasteiger partial charge is 0.207 e. The minimum Gasteiger partial charge on any atom is -0.367 e. The van der Waals surface area contributed by atoms with Crippen LogP contribution in [0.1, 0.15) is 0 Å². The molecule has 1 aliphatic heterocycles. The van der Waals surface area contributed by atoms with Gasteiger partial charge in [-0.15, -0.1) is 0 Å². The first-order valence-electron chi connectivity index (χ1n) is 1.92. The van der Waals surface area contributed by atoms with Crippen molar-refractivity contribution in [1.29, 1.82) is 0 Å². The van der Waals surface area contributed by atoms with Crippen LogP contribution in [0.3, 0.4) is 0 Å². The predicted molar refractivity (Wildman–Crippen MR) is 25.6 cm³/mol. The molecule has 0 amide bonds. The Kier molecular flexibility index (Phi) is 1.53. The molecule has 4 heteroatoms. The molecule has 0 spiro atoms. The van der Waals surface area contributed by atoms with Crippen molar-refractivity contribution in [2.24, 2.45) is 0 Å². The molecular weight excluding hydrogens is 116 g/mol. The highest BCUT2D eigenvalue weighted by Gasteiger charge is 2.20. The van der Waals surface area contributed by atoms with Gasteiger partial charge in [-0.05, 0) is 0 Å². The highest BCUT2D eigenvalue weighted by atomic mass is 32.2. The third-order valence-electron chi connectivity index (χ3n) is 0.655. The van der Waals surface area contributed by atoms with Gasteiger partial charge < -0.3 is 14.9 Å². The van der Waals surface area contributed by atoms with Gasteiger partial charge in [0, 0.05) is 5.75 Å². The van der Waals surface area contributed by atoms with Gasteiger partial charge in [-0.1, -0.05) is 11.8 Å². The Balaban J connectivity index is 2.26. The molecule has 3 nitrogen and oxygen atoms in total.